The molecule has 2 heterocycles. The van der Waals surface area contributed by atoms with Crippen LogP contribution in [-0.2, 0) is 18.5 Å². The summed E-state index contributed by atoms with van der Waals surface area (Å²) in [7, 11) is 0. The highest BCUT2D eigenvalue weighted by molar-refractivity contribution is 6.30. The van der Waals surface area contributed by atoms with E-state index in [0.29, 0.717) is 35.8 Å². The highest BCUT2D eigenvalue weighted by atomic mass is 35.5. The number of hydrogen-bond acceptors (Lipinski definition) is 6. The molecule has 0 saturated carbocycles. The van der Waals surface area contributed by atoms with E-state index in [1.165, 1.54) is 0 Å². The van der Waals surface area contributed by atoms with Crippen molar-refractivity contribution in [3.8, 4) is 0 Å². The first-order valence-corrected chi connectivity index (χ1v) is 9.76. The summed E-state index contributed by atoms with van der Waals surface area (Å²) in [5, 5.41) is 9.17. The van der Waals surface area contributed by atoms with Gasteiger partial charge in [0.1, 0.15) is 5.76 Å². The van der Waals surface area contributed by atoms with Crippen molar-refractivity contribution in [1.29, 1.82) is 0 Å². The molecule has 6 nitrogen and oxygen atoms in total. The van der Waals surface area contributed by atoms with E-state index in [2.05, 4.69) is 47.8 Å². The van der Waals surface area contributed by atoms with Crippen molar-refractivity contribution in [2.45, 2.75) is 66.1 Å². The number of rotatable bonds is 6. The molecule has 0 bridgehead atoms. The molecule has 0 unspecified atom stereocenters. The second-order valence-corrected chi connectivity index (χ2v) is 8.57. The smallest absolute Gasteiger partial charge is 0.230 e. The molecule has 7 heteroatoms. The van der Waals surface area contributed by atoms with Crippen molar-refractivity contribution in [3.63, 3.8) is 0 Å². The van der Waals surface area contributed by atoms with Gasteiger partial charge in [0.15, 0.2) is 0 Å². The number of benzene rings is 1. The van der Waals surface area contributed by atoms with E-state index in [1.807, 2.05) is 38.1 Å². The van der Waals surface area contributed by atoms with Gasteiger partial charge in [0.25, 0.3) is 0 Å². The molecular formula is C21H27ClN4O2. The normalized spacial score (nSPS) is 13.3. The fourth-order valence-corrected chi connectivity index (χ4v) is 2.98. The average Bonchev–Trinajstić information content (AvgIpc) is 3.21. The van der Waals surface area contributed by atoms with E-state index in [-0.39, 0.29) is 11.5 Å². The van der Waals surface area contributed by atoms with Crippen molar-refractivity contribution < 1.29 is 8.83 Å². The maximum atomic E-state index is 6.05. The minimum atomic E-state index is -0.186. The summed E-state index contributed by atoms with van der Waals surface area (Å²) in [5.74, 6) is 2.71. The van der Waals surface area contributed by atoms with Gasteiger partial charge in [0.05, 0.1) is 18.8 Å². The Bertz CT molecular complexity index is 905. The number of oxazole rings is 1. The number of aryl methyl sites for hydroxylation is 2. The summed E-state index contributed by atoms with van der Waals surface area (Å²) >= 11 is 6.05. The molecule has 2 aromatic heterocycles. The molecule has 0 radical (unpaired) electrons. The van der Waals surface area contributed by atoms with Crippen molar-refractivity contribution in [1.82, 2.24) is 20.1 Å². The summed E-state index contributed by atoms with van der Waals surface area (Å²) in [6, 6.07) is 7.93. The molecule has 0 aliphatic rings. The Morgan fingerprint density at radius 3 is 2.18 bits per heavy atom. The zero-order valence-corrected chi connectivity index (χ0v) is 18.0. The third-order valence-corrected chi connectivity index (χ3v) is 5.01. The van der Waals surface area contributed by atoms with Crippen LogP contribution in [0.25, 0.3) is 0 Å². The maximum absolute atomic E-state index is 6.05. The molecule has 0 aliphatic carbocycles. The van der Waals surface area contributed by atoms with Crippen LogP contribution in [0.1, 0.15) is 68.4 Å². The minimum absolute atomic E-state index is 0.0785. The SMILES string of the molecule is Cc1nc(CN(Cc2nnc(C(C)(C)C)o2)[C@@H](C)c2ccc(Cl)cc2)oc1C. The van der Waals surface area contributed by atoms with Gasteiger partial charge < -0.3 is 8.83 Å². The average molecular weight is 403 g/mol. The van der Waals surface area contributed by atoms with Crippen LogP contribution in [0.4, 0.5) is 0 Å². The molecule has 150 valence electrons. The topological polar surface area (TPSA) is 68.2 Å². The van der Waals surface area contributed by atoms with Crippen LogP contribution in [0.3, 0.4) is 0 Å². The Morgan fingerprint density at radius 2 is 1.64 bits per heavy atom. The molecule has 0 fully saturated rings. The maximum Gasteiger partial charge on any atom is 0.230 e. The summed E-state index contributed by atoms with van der Waals surface area (Å²) in [4.78, 5) is 6.73. The fourth-order valence-electron chi connectivity index (χ4n) is 2.86. The lowest BCUT2D eigenvalue weighted by Crippen LogP contribution is -2.26. The van der Waals surface area contributed by atoms with Gasteiger partial charge in [-0.25, -0.2) is 4.98 Å². The molecule has 1 atom stereocenters. The standard InChI is InChI=1S/C21H27ClN4O2/c1-13-15(3)27-18(23-13)11-26(14(2)16-7-9-17(22)10-8-16)12-19-24-25-20(28-19)21(4,5)6/h7-10,14H,11-12H2,1-6H3/t14-/m0/s1. The molecule has 0 spiro atoms. The Balaban J connectivity index is 1.86. The zero-order valence-electron chi connectivity index (χ0n) is 17.3. The molecule has 3 rings (SSSR count). The molecule has 1 aromatic carbocycles. The highest BCUT2D eigenvalue weighted by Crippen LogP contribution is 2.27. The van der Waals surface area contributed by atoms with E-state index >= 15 is 0 Å². The minimum Gasteiger partial charge on any atom is -0.444 e. The van der Waals surface area contributed by atoms with Crippen LogP contribution in [-0.4, -0.2) is 20.1 Å². The molecule has 0 saturated heterocycles. The van der Waals surface area contributed by atoms with Gasteiger partial charge in [0, 0.05) is 16.5 Å². The summed E-state index contributed by atoms with van der Waals surface area (Å²) in [6.45, 7) is 13.2. The van der Waals surface area contributed by atoms with Crippen LogP contribution in [0, 0.1) is 13.8 Å². The highest BCUT2D eigenvalue weighted by Gasteiger charge is 2.25. The van der Waals surface area contributed by atoms with E-state index in [1.54, 1.807) is 0 Å². The second kappa shape index (κ2) is 8.05. The lowest BCUT2D eigenvalue weighted by Gasteiger charge is -2.27. The van der Waals surface area contributed by atoms with Crippen molar-refractivity contribution in [2.24, 2.45) is 0 Å². The number of hydrogen-bond donors (Lipinski definition) is 0. The van der Waals surface area contributed by atoms with Gasteiger partial charge in [-0.1, -0.05) is 44.5 Å². The molecule has 0 N–H and O–H groups in total. The van der Waals surface area contributed by atoms with Crippen molar-refractivity contribution >= 4 is 11.6 Å². The van der Waals surface area contributed by atoms with Crippen LogP contribution in [0.15, 0.2) is 33.1 Å². The third-order valence-electron chi connectivity index (χ3n) is 4.76. The van der Waals surface area contributed by atoms with Gasteiger partial charge in [0.2, 0.25) is 17.7 Å². The predicted molar refractivity (Wildman–Crippen MR) is 108 cm³/mol. The lowest BCUT2D eigenvalue weighted by atomic mass is 9.97. The van der Waals surface area contributed by atoms with Crippen molar-refractivity contribution in [2.75, 3.05) is 0 Å². The zero-order chi connectivity index (χ0) is 20.5. The fraction of sp³-hybridized carbons (Fsp3) is 0.476. The van der Waals surface area contributed by atoms with Crippen LogP contribution in [0.2, 0.25) is 5.02 Å². The van der Waals surface area contributed by atoms with E-state index in [9.17, 15) is 0 Å². The predicted octanol–water partition coefficient (Wildman–Crippen LogP) is 5.39. The summed E-state index contributed by atoms with van der Waals surface area (Å²) < 4.78 is 11.7. The molecule has 0 aliphatic heterocycles. The van der Waals surface area contributed by atoms with Crippen LogP contribution < -0.4 is 0 Å². The first kappa shape index (κ1) is 20.6. The summed E-state index contributed by atoms with van der Waals surface area (Å²) in [5.41, 5.74) is 1.86. The first-order valence-electron chi connectivity index (χ1n) is 9.39. The first-order chi connectivity index (χ1) is 13.1. The van der Waals surface area contributed by atoms with Gasteiger partial charge in [-0.3, -0.25) is 4.90 Å². The Hall–Kier alpha value is -2.18. The Kier molecular flexibility index (Phi) is 5.91. The third kappa shape index (κ3) is 4.80. The molecule has 28 heavy (non-hydrogen) atoms. The Labute approximate surface area is 170 Å². The van der Waals surface area contributed by atoms with Crippen LogP contribution >= 0.6 is 11.6 Å². The van der Waals surface area contributed by atoms with Crippen molar-refractivity contribution in [3.05, 3.63) is 64.0 Å². The number of halogens is 1. The van der Waals surface area contributed by atoms with Gasteiger partial charge in [-0.2, -0.15) is 0 Å². The van der Waals surface area contributed by atoms with E-state index in [0.717, 1.165) is 17.0 Å². The Morgan fingerprint density at radius 1 is 1.00 bits per heavy atom. The molecule has 0 amide bonds. The number of aromatic nitrogens is 3. The van der Waals surface area contributed by atoms with E-state index < -0.39 is 0 Å². The van der Waals surface area contributed by atoms with Gasteiger partial charge in [-0.15, -0.1) is 10.2 Å². The van der Waals surface area contributed by atoms with Gasteiger partial charge >= 0.3 is 0 Å². The van der Waals surface area contributed by atoms with E-state index in [4.69, 9.17) is 20.4 Å². The quantitative estimate of drug-likeness (QED) is 0.550. The lowest BCUT2D eigenvalue weighted by molar-refractivity contribution is 0.154. The second-order valence-electron chi connectivity index (χ2n) is 8.13. The van der Waals surface area contributed by atoms with Crippen LogP contribution in [0.5, 0.6) is 0 Å². The molecular weight excluding hydrogens is 376 g/mol. The largest absolute Gasteiger partial charge is 0.444 e. The summed E-state index contributed by atoms with van der Waals surface area (Å²) in [6.07, 6.45) is 0. The molecule has 3 aromatic rings. The monoisotopic (exact) mass is 402 g/mol. The number of nitrogens with zero attached hydrogens (tertiary/aromatic N) is 4. The van der Waals surface area contributed by atoms with Gasteiger partial charge in [-0.05, 0) is 38.5 Å².